The van der Waals surface area contributed by atoms with Crippen molar-refractivity contribution in [3.63, 3.8) is 0 Å². The van der Waals surface area contributed by atoms with E-state index in [1.54, 1.807) is 12.4 Å². The van der Waals surface area contributed by atoms with E-state index in [9.17, 15) is 5.11 Å². The van der Waals surface area contributed by atoms with Gasteiger partial charge in [-0.25, -0.2) is 9.97 Å². The molecular formula is C9H11BrN2O. The third kappa shape index (κ3) is 1.74. The van der Waals surface area contributed by atoms with E-state index in [0.29, 0.717) is 5.82 Å². The van der Waals surface area contributed by atoms with E-state index in [1.165, 1.54) is 0 Å². The van der Waals surface area contributed by atoms with Crippen LogP contribution in [0.4, 0.5) is 0 Å². The van der Waals surface area contributed by atoms with Crippen molar-refractivity contribution < 1.29 is 5.11 Å². The molecule has 0 bridgehead atoms. The van der Waals surface area contributed by atoms with Crippen LogP contribution in [0.15, 0.2) is 16.9 Å². The van der Waals surface area contributed by atoms with Gasteiger partial charge in [-0.3, -0.25) is 0 Å². The van der Waals surface area contributed by atoms with Gasteiger partial charge in [0.15, 0.2) is 5.82 Å². The maximum atomic E-state index is 10.1. The highest BCUT2D eigenvalue weighted by Gasteiger charge is 2.35. The molecule has 0 saturated heterocycles. The molecule has 0 atom stereocenters. The highest BCUT2D eigenvalue weighted by molar-refractivity contribution is 9.10. The Hall–Kier alpha value is -0.480. The third-order valence-electron chi connectivity index (χ3n) is 2.47. The van der Waals surface area contributed by atoms with Crippen LogP contribution in [0, 0.1) is 0 Å². The van der Waals surface area contributed by atoms with Crippen molar-refractivity contribution >= 4 is 15.9 Å². The Bertz CT molecular complexity index is 293. The van der Waals surface area contributed by atoms with Gasteiger partial charge in [-0.1, -0.05) is 0 Å². The maximum absolute atomic E-state index is 10.1. The van der Waals surface area contributed by atoms with Crippen LogP contribution in [-0.4, -0.2) is 15.1 Å². The van der Waals surface area contributed by atoms with Gasteiger partial charge in [-0.15, -0.1) is 0 Å². The SMILES string of the molecule is OC1(c2ncc(Br)cn2)CCCC1. The number of hydrogen-bond acceptors (Lipinski definition) is 3. The van der Waals surface area contributed by atoms with Crippen molar-refractivity contribution in [1.29, 1.82) is 0 Å². The van der Waals surface area contributed by atoms with Crippen LogP contribution in [0.25, 0.3) is 0 Å². The van der Waals surface area contributed by atoms with Crippen LogP contribution >= 0.6 is 15.9 Å². The lowest BCUT2D eigenvalue weighted by molar-refractivity contribution is 0.0350. The second kappa shape index (κ2) is 3.35. The van der Waals surface area contributed by atoms with Crippen molar-refractivity contribution in [3.05, 3.63) is 22.7 Å². The van der Waals surface area contributed by atoms with E-state index in [1.807, 2.05) is 0 Å². The van der Waals surface area contributed by atoms with E-state index in [2.05, 4.69) is 25.9 Å². The second-order valence-electron chi connectivity index (χ2n) is 3.46. The molecule has 0 amide bonds. The van der Waals surface area contributed by atoms with E-state index in [0.717, 1.165) is 30.2 Å². The quantitative estimate of drug-likeness (QED) is 0.820. The van der Waals surface area contributed by atoms with Gasteiger partial charge in [-0.2, -0.15) is 0 Å². The molecule has 0 unspecified atom stereocenters. The van der Waals surface area contributed by atoms with E-state index < -0.39 is 5.60 Å². The minimum absolute atomic E-state index is 0.563. The molecule has 1 saturated carbocycles. The average Bonchev–Trinajstić information content (AvgIpc) is 2.54. The minimum atomic E-state index is -0.763. The molecule has 1 aliphatic carbocycles. The first kappa shape index (κ1) is 9.09. The number of hydrogen-bond donors (Lipinski definition) is 1. The summed E-state index contributed by atoms with van der Waals surface area (Å²) in [4.78, 5) is 8.25. The van der Waals surface area contributed by atoms with Crippen molar-refractivity contribution in [3.8, 4) is 0 Å². The lowest BCUT2D eigenvalue weighted by Gasteiger charge is -2.19. The zero-order valence-electron chi connectivity index (χ0n) is 7.20. The summed E-state index contributed by atoms with van der Waals surface area (Å²) in [6.45, 7) is 0. The highest BCUT2D eigenvalue weighted by atomic mass is 79.9. The number of rotatable bonds is 1. The first-order chi connectivity index (χ1) is 6.21. The average molecular weight is 243 g/mol. The smallest absolute Gasteiger partial charge is 0.160 e. The number of aromatic nitrogens is 2. The second-order valence-corrected chi connectivity index (χ2v) is 4.38. The van der Waals surface area contributed by atoms with Gasteiger partial charge in [0.05, 0.1) is 4.47 Å². The summed E-state index contributed by atoms with van der Waals surface area (Å²) in [7, 11) is 0. The van der Waals surface area contributed by atoms with Crippen molar-refractivity contribution in [2.75, 3.05) is 0 Å². The maximum Gasteiger partial charge on any atom is 0.160 e. The molecule has 0 aromatic carbocycles. The lowest BCUT2D eigenvalue weighted by Crippen LogP contribution is -2.23. The van der Waals surface area contributed by atoms with Crippen LogP contribution in [0.3, 0.4) is 0 Å². The summed E-state index contributed by atoms with van der Waals surface area (Å²) in [5.41, 5.74) is -0.763. The molecule has 70 valence electrons. The zero-order valence-corrected chi connectivity index (χ0v) is 8.79. The fourth-order valence-electron chi connectivity index (χ4n) is 1.74. The van der Waals surface area contributed by atoms with Crippen molar-refractivity contribution in [2.24, 2.45) is 0 Å². The Labute approximate surface area is 85.4 Å². The Morgan fingerprint density at radius 3 is 2.31 bits per heavy atom. The fraction of sp³-hybridized carbons (Fsp3) is 0.556. The monoisotopic (exact) mass is 242 g/mol. The highest BCUT2D eigenvalue weighted by Crippen LogP contribution is 2.36. The summed E-state index contributed by atoms with van der Waals surface area (Å²) in [6.07, 6.45) is 7.06. The third-order valence-corrected chi connectivity index (χ3v) is 2.88. The van der Waals surface area contributed by atoms with Crippen LogP contribution < -0.4 is 0 Å². The van der Waals surface area contributed by atoms with E-state index in [-0.39, 0.29) is 0 Å². The molecule has 13 heavy (non-hydrogen) atoms. The van der Waals surface area contributed by atoms with Crippen LogP contribution in [0.5, 0.6) is 0 Å². The minimum Gasteiger partial charge on any atom is -0.382 e. The molecule has 0 spiro atoms. The molecule has 1 aliphatic rings. The lowest BCUT2D eigenvalue weighted by atomic mass is 10.0. The van der Waals surface area contributed by atoms with Gasteiger partial charge >= 0.3 is 0 Å². The first-order valence-electron chi connectivity index (χ1n) is 4.41. The summed E-state index contributed by atoms with van der Waals surface area (Å²) in [5.74, 6) is 0.563. The summed E-state index contributed by atoms with van der Waals surface area (Å²) in [6, 6.07) is 0. The van der Waals surface area contributed by atoms with Crippen molar-refractivity contribution in [2.45, 2.75) is 31.3 Å². The topological polar surface area (TPSA) is 46.0 Å². The van der Waals surface area contributed by atoms with Crippen LogP contribution in [-0.2, 0) is 5.60 Å². The number of nitrogens with zero attached hydrogens (tertiary/aromatic N) is 2. The fourth-order valence-corrected chi connectivity index (χ4v) is 1.94. The predicted molar refractivity (Wildman–Crippen MR) is 52.1 cm³/mol. The molecule has 0 radical (unpaired) electrons. The largest absolute Gasteiger partial charge is 0.382 e. The Balaban J connectivity index is 2.29. The Morgan fingerprint density at radius 1 is 1.23 bits per heavy atom. The molecule has 3 nitrogen and oxygen atoms in total. The first-order valence-corrected chi connectivity index (χ1v) is 5.20. The number of halogens is 1. The summed E-state index contributed by atoms with van der Waals surface area (Å²) >= 11 is 3.27. The van der Waals surface area contributed by atoms with Gasteiger partial charge < -0.3 is 5.11 Å². The van der Waals surface area contributed by atoms with Gasteiger partial charge in [0, 0.05) is 12.4 Å². The van der Waals surface area contributed by atoms with Crippen molar-refractivity contribution in [1.82, 2.24) is 9.97 Å². The summed E-state index contributed by atoms with van der Waals surface area (Å²) < 4.78 is 0.845. The molecule has 1 N–H and O–H groups in total. The Morgan fingerprint density at radius 2 is 1.77 bits per heavy atom. The van der Waals surface area contributed by atoms with Gasteiger partial charge in [0.1, 0.15) is 5.60 Å². The molecule has 1 aromatic rings. The molecule has 0 aliphatic heterocycles. The Kier molecular flexibility index (Phi) is 2.34. The number of aliphatic hydroxyl groups is 1. The molecule has 1 heterocycles. The van der Waals surface area contributed by atoms with E-state index >= 15 is 0 Å². The molecule has 4 heteroatoms. The summed E-state index contributed by atoms with van der Waals surface area (Å²) in [5, 5.41) is 10.1. The zero-order chi connectivity index (χ0) is 9.31. The van der Waals surface area contributed by atoms with E-state index in [4.69, 9.17) is 0 Å². The normalized spacial score (nSPS) is 20.5. The molecule has 1 aromatic heterocycles. The molecule has 2 rings (SSSR count). The molecule has 1 fully saturated rings. The predicted octanol–water partition coefficient (Wildman–Crippen LogP) is 2.00. The van der Waals surface area contributed by atoms with Gasteiger partial charge in [-0.05, 0) is 41.6 Å². The van der Waals surface area contributed by atoms with Crippen LogP contribution in [0.2, 0.25) is 0 Å². The standard InChI is InChI=1S/C9H11BrN2O/c10-7-5-11-8(12-6-7)9(13)3-1-2-4-9/h5-6,13H,1-4H2. The van der Waals surface area contributed by atoms with Gasteiger partial charge in [0.25, 0.3) is 0 Å². The van der Waals surface area contributed by atoms with Crippen LogP contribution in [0.1, 0.15) is 31.5 Å². The van der Waals surface area contributed by atoms with Gasteiger partial charge in [0.2, 0.25) is 0 Å². The molecular weight excluding hydrogens is 232 g/mol.